The van der Waals surface area contributed by atoms with Crippen LogP contribution in [0.2, 0.25) is 0 Å². The largest absolute Gasteiger partial charge is 0.445 e. The number of nitrogens with one attached hydrogen (secondary N) is 1. The number of likely N-dealkylation sites (tertiary alicyclic amines) is 1. The maximum atomic E-state index is 12.5. The number of imidazole rings is 1. The Morgan fingerprint density at radius 2 is 2.14 bits per heavy atom. The third-order valence-corrected chi connectivity index (χ3v) is 5.12. The predicted octanol–water partition coefficient (Wildman–Crippen LogP) is 2.50. The van der Waals surface area contributed by atoms with Gasteiger partial charge in [0.05, 0.1) is 5.69 Å². The van der Waals surface area contributed by atoms with Crippen molar-refractivity contribution < 1.29 is 9.53 Å². The predicted molar refractivity (Wildman–Crippen MR) is 103 cm³/mol. The Hall–Kier alpha value is -3.16. The highest BCUT2D eigenvalue weighted by Gasteiger charge is 2.30. The molecule has 0 radical (unpaired) electrons. The number of aromatic amines is 1. The number of fused-ring (bicyclic) bond motifs is 1. The molecule has 8 nitrogen and oxygen atoms in total. The number of piperidine rings is 1. The van der Waals surface area contributed by atoms with Gasteiger partial charge in [-0.3, -0.25) is 4.79 Å². The van der Waals surface area contributed by atoms with Crippen LogP contribution < -0.4 is 5.56 Å². The Bertz CT molecular complexity index is 1030. The molecule has 1 aliphatic rings. The maximum absolute atomic E-state index is 12.5. The number of ether oxygens (including phenoxy) is 1. The monoisotopic (exact) mass is 381 g/mol. The first-order valence-electron chi connectivity index (χ1n) is 9.58. The van der Waals surface area contributed by atoms with Crippen LogP contribution in [0.25, 0.3) is 5.52 Å². The summed E-state index contributed by atoms with van der Waals surface area (Å²) >= 11 is 0. The van der Waals surface area contributed by atoms with Crippen molar-refractivity contribution in [2.24, 2.45) is 0 Å². The Labute approximate surface area is 162 Å². The van der Waals surface area contributed by atoms with Crippen molar-refractivity contribution in [3.8, 4) is 0 Å². The standard InChI is InChI=1S/C20H23N5O3/c1-2-16-17-19(26)21-13-22-25(17)18(23-16)15-9-6-10-24(11-15)20(27)28-12-14-7-4-3-5-8-14/h3-5,7-8,13,15H,2,6,9-12H2,1H3,(H,21,22,26). The van der Waals surface area contributed by atoms with E-state index in [0.717, 1.165) is 29.9 Å². The SMILES string of the molecule is CCc1nc(C2CCCN(C(=O)OCc3ccccc3)C2)n2nc[nH]c(=O)c12. The Kier molecular flexibility index (Phi) is 5.10. The summed E-state index contributed by atoms with van der Waals surface area (Å²) in [6.07, 6.45) is 3.45. The minimum Gasteiger partial charge on any atom is -0.445 e. The normalized spacial score (nSPS) is 17.0. The van der Waals surface area contributed by atoms with Gasteiger partial charge in [0.2, 0.25) is 0 Å². The smallest absolute Gasteiger partial charge is 0.410 e. The highest BCUT2D eigenvalue weighted by Crippen LogP contribution is 2.27. The van der Waals surface area contributed by atoms with Gasteiger partial charge in [-0.2, -0.15) is 5.10 Å². The fourth-order valence-corrected chi connectivity index (χ4v) is 3.71. The van der Waals surface area contributed by atoms with Crippen molar-refractivity contribution in [2.45, 2.75) is 38.7 Å². The van der Waals surface area contributed by atoms with Crippen molar-refractivity contribution in [3.63, 3.8) is 0 Å². The first-order valence-corrected chi connectivity index (χ1v) is 9.58. The zero-order chi connectivity index (χ0) is 19.5. The molecule has 0 aliphatic carbocycles. The van der Waals surface area contributed by atoms with E-state index in [1.54, 1.807) is 9.42 Å². The van der Waals surface area contributed by atoms with Crippen LogP contribution in [0.3, 0.4) is 0 Å². The average Bonchev–Trinajstić information content (AvgIpc) is 3.13. The molecule has 3 heterocycles. The van der Waals surface area contributed by atoms with Crippen LogP contribution >= 0.6 is 0 Å². The van der Waals surface area contributed by atoms with Gasteiger partial charge in [0, 0.05) is 19.0 Å². The summed E-state index contributed by atoms with van der Waals surface area (Å²) in [5.74, 6) is 0.749. The third kappa shape index (κ3) is 3.49. The number of aryl methyl sites for hydroxylation is 1. The highest BCUT2D eigenvalue weighted by atomic mass is 16.6. The van der Waals surface area contributed by atoms with Crippen LogP contribution in [-0.2, 0) is 17.8 Å². The molecule has 0 saturated carbocycles. The zero-order valence-electron chi connectivity index (χ0n) is 15.8. The quantitative estimate of drug-likeness (QED) is 0.750. The fourth-order valence-electron chi connectivity index (χ4n) is 3.71. The number of carbonyl (C=O) groups excluding carboxylic acids is 1. The fraction of sp³-hybridized carbons (Fsp3) is 0.400. The number of carbonyl (C=O) groups is 1. The number of benzene rings is 1. The van der Waals surface area contributed by atoms with E-state index in [-0.39, 0.29) is 24.2 Å². The van der Waals surface area contributed by atoms with E-state index in [9.17, 15) is 9.59 Å². The molecule has 0 bridgehead atoms. The summed E-state index contributed by atoms with van der Waals surface area (Å²) in [6, 6.07) is 9.63. The van der Waals surface area contributed by atoms with Gasteiger partial charge in [0.25, 0.3) is 5.56 Å². The maximum Gasteiger partial charge on any atom is 0.410 e. The van der Waals surface area contributed by atoms with E-state index in [1.165, 1.54) is 6.33 Å². The van der Waals surface area contributed by atoms with E-state index in [2.05, 4.69) is 15.1 Å². The molecule has 4 rings (SSSR count). The molecule has 28 heavy (non-hydrogen) atoms. The van der Waals surface area contributed by atoms with Gasteiger partial charge in [-0.1, -0.05) is 37.3 Å². The molecule has 0 spiro atoms. The summed E-state index contributed by atoms with van der Waals surface area (Å²) in [4.78, 5) is 33.8. The summed E-state index contributed by atoms with van der Waals surface area (Å²) in [7, 11) is 0. The van der Waals surface area contributed by atoms with Crippen molar-refractivity contribution in [1.29, 1.82) is 0 Å². The molecule has 8 heteroatoms. The first-order chi connectivity index (χ1) is 13.7. The first kappa shape index (κ1) is 18.2. The van der Waals surface area contributed by atoms with Crippen LogP contribution in [0.5, 0.6) is 0 Å². The Morgan fingerprint density at radius 3 is 2.93 bits per heavy atom. The van der Waals surface area contributed by atoms with E-state index in [4.69, 9.17) is 4.74 Å². The Morgan fingerprint density at radius 1 is 1.32 bits per heavy atom. The average molecular weight is 381 g/mol. The molecule has 1 aliphatic heterocycles. The second-order valence-electron chi connectivity index (χ2n) is 6.97. The molecule has 1 aromatic carbocycles. The van der Waals surface area contributed by atoms with E-state index >= 15 is 0 Å². The zero-order valence-corrected chi connectivity index (χ0v) is 15.8. The molecule has 1 amide bonds. The number of amides is 1. The second-order valence-corrected chi connectivity index (χ2v) is 6.97. The molecule has 146 valence electrons. The van der Waals surface area contributed by atoms with Crippen LogP contribution in [0.4, 0.5) is 4.79 Å². The minimum atomic E-state index is -0.323. The molecule has 1 atom stereocenters. The van der Waals surface area contributed by atoms with Crippen LogP contribution in [0, 0.1) is 0 Å². The van der Waals surface area contributed by atoms with E-state index in [1.807, 2.05) is 37.3 Å². The van der Waals surface area contributed by atoms with E-state index < -0.39 is 0 Å². The number of H-pyrrole nitrogens is 1. The number of hydrogen-bond donors (Lipinski definition) is 1. The lowest BCUT2D eigenvalue weighted by molar-refractivity contribution is 0.0852. The lowest BCUT2D eigenvalue weighted by Gasteiger charge is -2.31. The van der Waals surface area contributed by atoms with Crippen LogP contribution in [-0.4, -0.2) is 43.7 Å². The molecule has 3 aromatic rings. The Balaban J connectivity index is 1.51. The van der Waals surface area contributed by atoms with Gasteiger partial charge in [0.1, 0.15) is 18.8 Å². The lowest BCUT2D eigenvalue weighted by Crippen LogP contribution is -2.40. The minimum absolute atomic E-state index is 0.0140. The summed E-state index contributed by atoms with van der Waals surface area (Å²) in [5.41, 5.74) is 1.98. The molecular weight excluding hydrogens is 358 g/mol. The molecule has 1 fully saturated rings. The number of aromatic nitrogens is 4. The topological polar surface area (TPSA) is 92.6 Å². The molecular formula is C20H23N5O3. The van der Waals surface area contributed by atoms with Gasteiger partial charge in [-0.15, -0.1) is 0 Å². The van der Waals surface area contributed by atoms with Gasteiger partial charge in [-0.05, 0) is 24.8 Å². The van der Waals surface area contributed by atoms with Crippen molar-refractivity contribution in [2.75, 3.05) is 13.1 Å². The summed E-state index contributed by atoms with van der Waals surface area (Å²) < 4.78 is 7.10. The van der Waals surface area contributed by atoms with Gasteiger partial charge in [0.15, 0.2) is 5.52 Å². The van der Waals surface area contributed by atoms with E-state index in [0.29, 0.717) is 25.0 Å². The van der Waals surface area contributed by atoms with Crippen LogP contribution in [0.15, 0.2) is 41.5 Å². The molecule has 1 N–H and O–H groups in total. The number of rotatable bonds is 4. The second kappa shape index (κ2) is 7.84. The number of nitrogens with zero attached hydrogens (tertiary/aromatic N) is 4. The van der Waals surface area contributed by atoms with Gasteiger partial charge >= 0.3 is 6.09 Å². The summed E-state index contributed by atoms with van der Waals surface area (Å²) in [5, 5.41) is 4.30. The van der Waals surface area contributed by atoms with Crippen molar-refractivity contribution in [3.05, 3.63) is 64.1 Å². The number of hydrogen-bond acceptors (Lipinski definition) is 5. The van der Waals surface area contributed by atoms with Crippen molar-refractivity contribution >= 4 is 11.6 Å². The molecule has 1 saturated heterocycles. The van der Waals surface area contributed by atoms with Crippen molar-refractivity contribution in [1.82, 2.24) is 24.5 Å². The third-order valence-electron chi connectivity index (χ3n) is 5.12. The van der Waals surface area contributed by atoms with Gasteiger partial charge in [-0.25, -0.2) is 14.3 Å². The molecule has 2 aromatic heterocycles. The van der Waals surface area contributed by atoms with Crippen LogP contribution in [0.1, 0.15) is 42.8 Å². The van der Waals surface area contributed by atoms with Gasteiger partial charge < -0.3 is 14.6 Å². The lowest BCUT2D eigenvalue weighted by atomic mass is 9.97. The highest BCUT2D eigenvalue weighted by molar-refractivity contribution is 5.68. The molecule has 1 unspecified atom stereocenters. The summed E-state index contributed by atoms with van der Waals surface area (Å²) in [6.45, 7) is 3.38.